The molecule has 5 rings (SSSR count). The number of carbonyl (C=O) groups is 2. The van der Waals surface area contributed by atoms with Crippen molar-refractivity contribution in [2.75, 3.05) is 0 Å². The SMILES string of the molecule is Cn1cncc1-c1cc2nccc(Oc3ccc(CC(=O)CC(=O)Cc4ccccc4)cc3F)c2s1. The van der Waals surface area contributed by atoms with Crippen LogP contribution in [0, 0.1) is 5.82 Å². The van der Waals surface area contributed by atoms with Crippen molar-refractivity contribution in [1.29, 1.82) is 0 Å². The number of ether oxygens (including phenoxy) is 1. The van der Waals surface area contributed by atoms with Gasteiger partial charge in [-0.25, -0.2) is 9.37 Å². The van der Waals surface area contributed by atoms with Gasteiger partial charge in [0.05, 0.1) is 39.7 Å². The third-order valence-corrected chi connectivity index (χ3v) is 6.86. The Morgan fingerprint density at radius 2 is 1.75 bits per heavy atom. The predicted octanol–water partition coefficient (Wildman–Crippen LogP) is 5.94. The summed E-state index contributed by atoms with van der Waals surface area (Å²) in [6.07, 6.45) is 5.14. The first kappa shape index (κ1) is 23.6. The topological polar surface area (TPSA) is 74.1 Å². The van der Waals surface area contributed by atoms with Crippen LogP contribution in [0.15, 0.2) is 79.4 Å². The first-order valence-corrected chi connectivity index (χ1v) is 12.2. The molecule has 5 aromatic rings. The molecule has 3 heterocycles. The summed E-state index contributed by atoms with van der Waals surface area (Å²) < 4.78 is 23.5. The Hall–Kier alpha value is -4.17. The van der Waals surface area contributed by atoms with Gasteiger partial charge in [-0.15, -0.1) is 11.3 Å². The molecule has 6 nitrogen and oxygen atoms in total. The van der Waals surface area contributed by atoms with Crippen LogP contribution in [0.1, 0.15) is 17.5 Å². The van der Waals surface area contributed by atoms with Crippen molar-refractivity contribution in [1.82, 2.24) is 14.5 Å². The molecule has 0 aliphatic rings. The minimum Gasteiger partial charge on any atom is -0.453 e. The minimum absolute atomic E-state index is 0.0176. The van der Waals surface area contributed by atoms with E-state index in [1.807, 2.05) is 48.0 Å². The van der Waals surface area contributed by atoms with Crippen molar-refractivity contribution >= 4 is 33.1 Å². The van der Waals surface area contributed by atoms with Gasteiger partial charge in [-0.1, -0.05) is 36.4 Å². The molecule has 180 valence electrons. The van der Waals surface area contributed by atoms with Gasteiger partial charge in [-0.05, 0) is 29.3 Å². The normalized spacial score (nSPS) is 11.1. The van der Waals surface area contributed by atoms with Gasteiger partial charge in [-0.2, -0.15) is 0 Å². The Kier molecular flexibility index (Phi) is 6.69. The van der Waals surface area contributed by atoms with E-state index < -0.39 is 5.82 Å². The third-order valence-electron chi connectivity index (χ3n) is 5.70. The van der Waals surface area contributed by atoms with E-state index in [2.05, 4.69) is 9.97 Å². The molecule has 3 aromatic heterocycles. The summed E-state index contributed by atoms with van der Waals surface area (Å²) >= 11 is 1.49. The number of fused-ring (bicyclic) bond motifs is 1. The smallest absolute Gasteiger partial charge is 0.166 e. The number of thiophene rings is 1. The van der Waals surface area contributed by atoms with Crippen LogP contribution in [0.3, 0.4) is 0 Å². The van der Waals surface area contributed by atoms with Crippen LogP contribution in [0.2, 0.25) is 0 Å². The fourth-order valence-electron chi connectivity index (χ4n) is 3.97. The number of halogens is 1. The zero-order valence-electron chi connectivity index (χ0n) is 19.5. The van der Waals surface area contributed by atoms with Crippen LogP contribution < -0.4 is 4.74 Å². The standard InChI is InChI=1S/C28H22FN3O3S/c1-32-17-30-16-24(32)27-15-23-28(36-27)26(9-10-31-23)35-25-8-7-19(13-22(25)29)12-21(34)14-20(33)11-18-5-3-2-4-6-18/h2-10,13,15-17H,11-12,14H2,1H3. The van der Waals surface area contributed by atoms with Gasteiger partial charge in [-0.3, -0.25) is 14.6 Å². The molecule has 0 spiro atoms. The van der Waals surface area contributed by atoms with E-state index in [9.17, 15) is 14.0 Å². The number of hydrogen-bond acceptors (Lipinski definition) is 6. The molecule has 0 bridgehead atoms. The molecule has 8 heteroatoms. The van der Waals surface area contributed by atoms with Gasteiger partial charge in [0, 0.05) is 32.2 Å². The molecular weight excluding hydrogens is 477 g/mol. The van der Waals surface area contributed by atoms with Crippen molar-refractivity contribution < 1.29 is 18.7 Å². The average Bonchev–Trinajstić information content (AvgIpc) is 3.47. The van der Waals surface area contributed by atoms with Crippen LogP contribution in [0.5, 0.6) is 11.5 Å². The molecule has 0 amide bonds. The Bertz CT molecular complexity index is 1560. The molecule has 0 saturated heterocycles. The highest BCUT2D eigenvalue weighted by atomic mass is 32.1. The number of aromatic nitrogens is 3. The molecule has 0 atom stereocenters. The Labute approximate surface area is 211 Å². The lowest BCUT2D eigenvalue weighted by Crippen LogP contribution is -2.12. The van der Waals surface area contributed by atoms with Gasteiger partial charge in [0.15, 0.2) is 11.6 Å². The number of ketones is 2. The van der Waals surface area contributed by atoms with Crippen LogP contribution in [-0.4, -0.2) is 26.1 Å². The minimum atomic E-state index is -0.579. The van der Waals surface area contributed by atoms with Crippen molar-refractivity contribution in [3.63, 3.8) is 0 Å². The predicted molar refractivity (Wildman–Crippen MR) is 137 cm³/mol. The summed E-state index contributed by atoms with van der Waals surface area (Å²) in [5, 5.41) is 0. The lowest BCUT2D eigenvalue weighted by molar-refractivity contribution is -0.126. The molecule has 0 aliphatic carbocycles. The first-order valence-electron chi connectivity index (χ1n) is 11.3. The Morgan fingerprint density at radius 1 is 0.972 bits per heavy atom. The summed E-state index contributed by atoms with van der Waals surface area (Å²) in [7, 11) is 1.92. The quantitative estimate of drug-likeness (QED) is 0.235. The second-order valence-electron chi connectivity index (χ2n) is 8.48. The fraction of sp³-hybridized carbons (Fsp3) is 0.143. The fourth-order valence-corrected chi connectivity index (χ4v) is 5.09. The number of rotatable bonds is 9. The lowest BCUT2D eigenvalue weighted by atomic mass is 10.0. The summed E-state index contributed by atoms with van der Waals surface area (Å²) in [5.41, 5.74) is 3.06. The van der Waals surface area contributed by atoms with Gasteiger partial charge in [0.1, 0.15) is 17.3 Å². The molecule has 0 saturated carbocycles. The molecule has 0 radical (unpaired) electrons. The van der Waals surface area contributed by atoms with Crippen molar-refractivity contribution in [3.05, 3.63) is 96.3 Å². The summed E-state index contributed by atoms with van der Waals surface area (Å²) in [6.45, 7) is 0. The van der Waals surface area contributed by atoms with Crippen LogP contribution in [0.25, 0.3) is 20.8 Å². The Balaban J connectivity index is 1.27. The van der Waals surface area contributed by atoms with Gasteiger partial charge in [0.25, 0.3) is 0 Å². The molecule has 0 unspecified atom stereocenters. The van der Waals surface area contributed by atoms with E-state index in [0.717, 1.165) is 26.4 Å². The van der Waals surface area contributed by atoms with Gasteiger partial charge >= 0.3 is 0 Å². The number of hydrogen-bond donors (Lipinski definition) is 0. The van der Waals surface area contributed by atoms with Crippen molar-refractivity contribution in [3.8, 4) is 22.1 Å². The number of aryl methyl sites for hydroxylation is 1. The summed E-state index contributed by atoms with van der Waals surface area (Å²) in [6, 6.07) is 17.4. The van der Waals surface area contributed by atoms with E-state index in [0.29, 0.717) is 11.3 Å². The maximum Gasteiger partial charge on any atom is 0.166 e. The van der Waals surface area contributed by atoms with Crippen LogP contribution in [0.4, 0.5) is 4.39 Å². The number of imidazole rings is 1. The largest absolute Gasteiger partial charge is 0.453 e. The lowest BCUT2D eigenvalue weighted by Gasteiger charge is -2.09. The first-order chi connectivity index (χ1) is 17.5. The van der Waals surface area contributed by atoms with Crippen molar-refractivity contribution in [2.45, 2.75) is 19.3 Å². The monoisotopic (exact) mass is 499 g/mol. The number of Topliss-reactive ketones (excluding diaryl/α,β-unsaturated/α-hetero) is 2. The molecule has 36 heavy (non-hydrogen) atoms. The molecule has 0 fully saturated rings. The second-order valence-corrected chi connectivity index (χ2v) is 9.54. The number of nitrogens with zero attached hydrogens (tertiary/aromatic N) is 3. The van der Waals surface area contributed by atoms with E-state index in [1.54, 1.807) is 30.9 Å². The number of benzene rings is 2. The van der Waals surface area contributed by atoms with E-state index in [1.165, 1.54) is 23.5 Å². The van der Waals surface area contributed by atoms with E-state index in [-0.39, 0.29) is 36.6 Å². The number of pyridine rings is 1. The zero-order chi connectivity index (χ0) is 25.1. The highest BCUT2D eigenvalue weighted by Gasteiger charge is 2.16. The summed E-state index contributed by atoms with van der Waals surface area (Å²) in [4.78, 5) is 34.1. The summed E-state index contributed by atoms with van der Waals surface area (Å²) in [5.74, 6) is -0.442. The van der Waals surface area contributed by atoms with Gasteiger partial charge in [0.2, 0.25) is 0 Å². The maximum atomic E-state index is 14.9. The average molecular weight is 500 g/mol. The number of carbonyl (C=O) groups excluding carboxylic acids is 2. The van der Waals surface area contributed by atoms with Crippen LogP contribution in [-0.2, 0) is 29.5 Å². The van der Waals surface area contributed by atoms with E-state index >= 15 is 0 Å². The molecule has 2 aromatic carbocycles. The molecular formula is C28H22FN3O3S. The second kappa shape index (κ2) is 10.2. The van der Waals surface area contributed by atoms with Gasteiger partial charge < -0.3 is 9.30 Å². The van der Waals surface area contributed by atoms with Crippen molar-refractivity contribution in [2.24, 2.45) is 7.05 Å². The third kappa shape index (κ3) is 5.23. The van der Waals surface area contributed by atoms with E-state index in [4.69, 9.17) is 4.74 Å². The highest BCUT2D eigenvalue weighted by Crippen LogP contribution is 2.39. The highest BCUT2D eigenvalue weighted by molar-refractivity contribution is 7.22. The molecule has 0 N–H and O–H groups in total. The van der Waals surface area contributed by atoms with Crippen LogP contribution >= 0.6 is 11.3 Å². The zero-order valence-corrected chi connectivity index (χ0v) is 20.3. The Morgan fingerprint density at radius 3 is 2.47 bits per heavy atom. The molecule has 0 aliphatic heterocycles. The maximum absolute atomic E-state index is 14.9.